The third kappa shape index (κ3) is 4.96. The van der Waals surface area contributed by atoms with Gasteiger partial charge < -0.3 is 19.9 Å². The number of amides is 2. The quantitative estimate of drug-likeness (QED) is 0.519. The minimum Gasteiger partial charge on any atom is -0.399 e. The number of halogens is 2. The lowest BCUT2D eigenvalue weighted by Gasteiger charge is -2.32. The van der Waals surface area contributed by atoms with Crippen molar-refractivity contribution in [1.29, 1.82) is 0 Å². The van der Waals surface area contributed by atoms with Gasteiger partial charge in [0.1, 0.15) is 11.6 Å². The van der Waals surface area contributed by atoms with Crippen LogP contribution in [0.5, 0.6) is 0 Å². The zero-order valence-corrected chi connectivity index (χ0v) is 19.8. The van der Waals surface area contributed by atoms with Crippen LogP contribution in [0.3, 0.4) is 0 Å². The number of anilines is 2. The van der Waals surface area contributed by atoms with Gasteiger partial charge in [-0.05, 0) is 70.2 Å². The maximum absolute atomic E-state index is 15.2. The molecule has 4 rings (SSSR count). The minimum absolute atomic E-state index is 0.294. The summed E-state index contributed by atoms with van der Waals surface area (Å²) in [5.74, 6) is -2.93. The Labute approximate surface area is 202 Å². The molecular formula is C26H25BF2N2O4. The predicted octanol–water partition coefficient (Wildman–Crippen LogP) is 4.77. The fourth-order valence-corrected chi connectivity index (χ4v) is 3.59. The summed E-state index contributed by atoms with van der Waals surface area (Å²) in [7, 11) is -0.728. The van der Waals surface area contributed by atoms with Crippen LogP contribution in [0, 0.1) is 11.6 Å². The molecule has 9 heteroatoms. The predicted molar refractivity (Wildman–Crippen MR) is 131 cm³/mol. The molecule has 0 bridgehead atoms. The smallest absolute Gasteiger partial charge is 0.399 e. The molecule has 1 heterocycles. The van der Waals surface area contributed by atoms with Crippen molar-refractivity contribution in [2.45, 2.75) is 38.9 Å². The highest BCUT2D eigenvalue weighted by Crippen LogP contribution is 2.37. The van der Waals surface area contributed by atoms with Crippen molar-refractivity contribution >= 4 is 35.8 Å². The number of carbonyl (C=O) groups excluding carboxylic acids is 2. The Morgan fingerprint density at radius 2 is 1.29 bits per heavy atom. The van der Waals surface area contributed by atoms with Crippen molar-refractivity contribution in [2.24, 2.45) is 0 Å². The number of nitrogens with one attached hydrogen (secondary N) is 2. The normalized spacial score (nSPS) is 16.1. The number of hydrogen-bond donors (Lipinski definition) is 2. The van der Waals surface area contributed by atoms with Gasteiger partial charge in [0.15, 0.2) is 0 Å². The second-order valence-electron chi connectivity index (χ2n) is 9.26. The maximum Gasteiger partial charge on any atom is 0.496 e. The molecule has 1 aliphatic heterocycles. The maximum atomic E-state index is 15.2. The third-order valence-corrected chi connectivity index (χ3v) is 6.31. The number of para-hydroxylation sites is 1. The monoisotopic (exact) mass is 478 g/mol. The van der Waals surface area contributed by atoms with Crippen LogP contribution >= 0.6 is 0 Å². The Bertz CT molecular complexity index is 1260. The van der Waals surface area contributed by atoms with E-state index in [1.165, 1.54) is 42.5 Å². The SMILES string of the molecule is CC1(C)OB(c2ccccc2NC(=O)c2cccc(C(=O)Nc3ccc(F)cc3)c2F)OC1(C)C. The van der Waals surface area contributed by atoms with Crippen LogP contribution < -0.4 is 16.1 Å². The molecule has 0 atom stereocenters. The molecule has 3 aromatic rings. The van der Waals surface area contributed by atoms with E-state index in [1.807, 2.05) is 27.7 Å². The molecule has 35 heavy (non-hydrogen) atoms. The molecule has 0 spiro atoms. The van der Waals surface area contributed by atoms with E-state index < -0.39 is 41.8 Å². The number of benzene rings is 3. The van der Waals surface area contributed by atoms with E-state index in [-0.39, 0.29) is 11.1 Å². The summed E-state index contributed by atoms with van der Waals surface area (Å²) in [5.41, 5.74) is -0.495. The Kier molecular flexibility index (Phi) is 6.49. The number of rotatable bonds is 5. The average molecular weight is 478 g/mol. The highest BCUT2D eigenvalue weighted by atomic mass is 19.1. The van der Waals surface area contributed by atoms with Crippen LogP contribution in [0.15, 0.2) is 66.7 Å². The zero-order chi connectivity index (χ0) is 25.4. The van der Waals surface area contributed by atoms with E-state index in [4.69, 9.17) is 9.31 Å². The largest absolute Gasteiger partial charge is 0.496 e. The van der Waals surface area contributed by atoms with Crippen LogP contribution in [-0.2, 0) is 9.31 Å². The highest BCUT2D eigenvalue weighted by Gasteiger charge is 2.52. The molecule has 0 aliphatic carbocycles. The Hall–Kier alpha value is -3.56. The molecular weight excluding hydrogens is 453 g/mol. The Morgan fingerprint density at radius 3 is 1.89 bits per heavy atom. The first kappa shape index (κ1) is 24.6. The molecule has 0 saturated carbocycles. The van der Waals surface area contributed by atoms with Gasteiger partial charge in [0, 0.05) is 16.8 Å². The topological polar surface area (TPSA) is 76.7 Å². The first-order valence-corrected chi connectivity index (χ1v) is 11.1. The summed E-state index contributed by atoms with van der Waals surface area (Å²) in [4.78, 5) is 25.6. The van der Waals surface area contributed by atoms with E-state index in [0.29, 0.717) is 16.8 Å². The summed E-state index contributed by atoms with van der Waals surface area (Å²) in [5, 5.41) is 5.20. The van der Waals surface area contributed by atoms with Gasteiger partial charge in [-0.1, -0.05) is 24.3 Å². The summed E-state index contributed by atoms with van der Waals surface area (Å²) in [6.07, 6.45) is 0. The Balaban J connectivity index is 1.56. The molecule has 1 fully saturated rings. The van der Waals surface area contributed by atoms with Crippen molar-refractivity contribution < 1.29 is 27.7 Å². The van der Waals surface area contributed by atoms with Crippen LogP contribution in [0.2, 0.25) is 0 Å². The van der Waals surface area contributed by atoms with Gasteiger partial charge in [0.05, 0.1) is 22.3 Å². The molecule has 0 aromatic heterocycles. The van der Waals surface area contributed by atoms with Gasteiger partial charge in [0.25, 0.3) is 11.8 Å². The van der Waals surface area contributed by atoms with E-state index in [2.05, 4.69) is 10.6 Å². The van der Waals surface area contributed by atoms with E-state index in [1.54, 1.807) is 24.3 Å². The second-order valence-corrected chi connectivity index (χ2v) is 9.26. The molecule has 1 saturated heterocycles. The lowest BCUT2D eigenvalue weighted by molar-refractivity contribution is 0.00578. The highest BCUT2D eigenvalue weighted by molar-refractivity contribution is 6.64. The molecule has 180 valence electrons. The van der Waals surface area contributed by atoms with Gasteiger partial charge >= 0.3 is 7.12 Å². The molecule has 0 unspecified atom stereocenters. The van der Waals surface area contributed by atoms with Crippen molar-refractivity contribution in [1.82, 2.24) is 0 Å². The van der Waals surface area contributed by atoms with E-state index in [0.717, 1.165) is 0 Å². The van der Waals surface area contributed by atoms with Crippen LogP contribution in [0.1, 0.15) is 48.4 Å². The summed E-state index contributed by atoms with van der Waals surface area (Å²) >= 11 is 0. The lowest BCUT2D eigenvalue weighted by atomic mass is 9.77. The minimum atomic E-state index is -0.974. The van der Waals surface area contributed by atoms with Gasteiger partial charge in [-0.2, -0.15) is 0 Å². The molecule has 3 aromatic carbocycles. The van der Waals surface area contributed by atoms with Crippen LogP contribution in [-0.4, -0.2) is 30.1 Å². The van der Waals surface area contributed by atoms with Crippen LogP contribution in [0.4, 0.5) is 20.2 Å². The fraction of sp³-hybridized carbons (Fsp3) is 0.231. The zero-order valence-electron chi connectivity index (χ0n) is 19.8. The van der Waals surface area contributed by atoms with Gasteiger partial charge in [-0.3, -0.25) is 9.59 Å². The van der Waals surface area contributed by atoms with Gasteiger partial charge in [-0.15, -0.1) is 0 Å². The van der Waals surface area contributed by atoms with Crippen LogP contribution in [0.25, 0.3) is 0 Å². The molecule has 2 N–H and O–H groups in total. The average Bonchev–Trinajstić information content (AvgIpc) is 3.02. The van der Waals surface area contributed by atoms with Gasteiger partial charge in [0.2, 0.25) is 0 Å². The van der Waals surface area contributed by atoms with Crippen molar-refractivity contribution in [3.8, 4) is 0 Å². The van der Waals surface area contributed by atoms with Gasteiger partial charge in [-0.25, -0.2) is 8.78 Å². The second kappa shape index (κ2) is 9.24. The molecule has 2 amide bonds. The first-order chi connectivity index (χ1) is 16.5. The summed E-state index contributed by atoms with van der Waals surface area (Å²) in [6, 6.07) is 16.0. The number of carbonyl (C=O) groups is 2. The molecule has 0 radical (unpaired) electrons. The summed E-state index contributed by atoms with van der Waals surface area (Å²) in [6.45, 7) is 7.69. The first-order valence-electron chi connectivity index (χ1n) is 11.1. The molecule has 6 nitrogen and oxygen atoms in total. The fourth-order valence-electron chi connectivity index (χ4n) is 3.59. The van der Waals surface area contributed by atoms with Crippen molar-refractivity contribution in [3.63, 3.8) is 0 Å². The summed E-state index contributed by atoms with van der Waals surface area (Å²) < 4.78 is 40.5. The van der Waals surface area contributed by atoms with E-state index in [9.17, 15) is 14.0 Å². The Morgan fingerprint density at radius 1 is 0.743 bits per heavy atom. The standard InChI is InChI=1S/C26H25BF2N2O4/c1-25(2)26(3,4)35-27(34-25)20-10-5-6-11-21(20)31-24(33)19-9-7-8-18(22(19)29)23(32)30-17-14-12-16(28)13-15-17/h5-15H,1-4H3,(H,30,32)(H,31,33). The van der Waals surface area contributed by atoms with E-state index >= 15 is 4.39 Å². The lowest BCUT2D eigenvalue weighted by Crippen LogP contribution is -2.41. The number of hydrogen-bond acceptors (Lipinski definition) is 4. The van der Waals surface area contributed by atoms with Crippen molar-refractivity contribution in [3.05, 3.63) is 89.5 Å². The molecule has 1 aliphatic rings. The van der Waals surface area contributed by atoms with Crippen molar-refractivity contribution in [2.75, 3.05) is 10.6 Å². The third-order valence-electron chi connectivity index (χ3n) is 6.31.